The van der Waals surface area contributed by atoms with Crippen LogP contribution in [0.15, 0.2) is 42.1 Å². The molecule has 0 aliphatic heterocycles. The topological polar surface area (TPSA) is 59.8 Å². The second kappa shape index (κ2) is 7.73. The lowest BCUT2D eigenvalue weighted by Gasteiger charge is -2.13. The minimum absolute atomic E-state index is 0.300. The maximum Gasteiger partial charge on any atom is 0.416 e. The van der Waals surface area contributed by atoms with Crippen molar-refractivity contribution in [2.24, 2.45) is 0 Å². The number of anilines is 1. The Balaban J connectivity index is 2.02. The Hall–Kier alpha value is -2.29. The Labute approximate surface area is 147 Å². The Kier molecular flexibility index (Phi) is 5.89. The molecular weight excluding hydrogens is 353 g/mol. The fraction of sp³-hybridized carbons (Fsp3) is 0.312. The van der Waals surface area contributed by atoms with E-state index < -0.39 is 17.0 Å². The Morgan fingerprint density at radius 2 is 2.00 bits per heavy atom. The number of aryl methyl sites for hydroxylation is 1. The van der Waals surface area contributed by atoms with Crippen LogP contribution in [-0.4, -0.2) is 25.9 Å². The van der Waals surface area contributed by atoms with Gasteiger partial charge in [-0.1, -0.05) is 17.8 Å². The zero-order chi connectivity index (χ0) is 18.6. The van der Waals surface area contributed by atoms with Gasteiger partial charge in [-0.25, -0.2) is 0 Å². The molecule has 1 heterocycles. The molecule has 1 N–H and O–H groups in total. The predicted octanol–water partition coefficient (Wildman–Crippen LogP) is 3.91. The van der Waals surface area contributed by atoms with Crippen molar-refractivity contribution in [2.45, 2.75) is 37.0 Å². The van der Waals surface area contributed by atoms with E-state index >= 15 is 0 Å². The Morgan fingerprint density at radius 3 is 2.56 bits per heavy atom. The van der Waals surface area contributed by atoms with Crippen LogP contribution in [0.25, 0.3) is 0 Å². The monoisotopic (exact) mass is 370 g/mol. The van der Waals surface area contributed by atoms with Gasteiger partial charge in [0.05, 0.1) is 10.8 Å². The van der Waals surface area contributed by atoms with E-state index in [9.17, 15) is 18.0 Å². The summed E-state index contributed by atoms with van der Waals surface area (Å²) in [6, 6.07) is 4.31. The number of hydrogen-bond donors (Lipinski definition) is 1. The van der Waals surface area contributed by atoms with Crippen LogP contribution >= 0.6 is 11.8 Å². The van der Waals surface area contributed by atoms with Crippen LogP contribution in [0.2, 0.25) is 0 Å². The molecule has 134 valence electrons. The summed E-state index contributed by atoms with van der Waals surface area (Å²) in [5.41, 5.74) is -0.463. The Morgan fingerprint density at radius 1 is 1.36 bits per heavy atom. The highest BCUT2D eigenvalue weighted by Crippen LogP contribution is 2.30. The standard InChI is InChI=1S/C16H17F3N4OS/c1-4-9-23-11(3)21-22-15(23)25-10(2)14(24)20-13-7-5-12(6-8-13)16(17,18)19/h4-8,10H,1,9H2,2-3H3,(H,20,24)/t10-/m0/s1. The summed E-state index contributed by atoms with van der Waals surface area (Å²) in [6.45, 7) is 7.68. The largest absolute Gasteiger partial charge is 0.416 e. The molecular formula is C16H17F3N4OS. The molecule has 2 rings (SSSR count). The molecule has 25 heavy (non-hydrogen) atoms. The number of carbonyl (C=O) groups excluding carboxylic acids is 1. The minimum Gasteiger partial charge on any atom is -0.325 e. The third-order valence-electron chi connectivity index (χ3n) is 3.34. The van der Waals surface area contributed by atoms with Crippen molar-refractivity contribution in [3.63, 3.8) is 0 Å². The maximum atomic E-state index is 12.5. The van der Waals surface area contributed by atoms with E-state index in [1.165, 1.54) is 23.9 Å². The number of hydrogen-bond acceptors (Lipinski definition) is 4. The maximum absolute atomic E-state index is 12.5. The SMILES string of the molecule is C=CCn1c(C)nnc1S[C@@H](C)C(=O)Nc1ccc(C(F)(F)F)cc1. The highest BCUT2D eigenvalue weighted by atomic mass is 32.2. The molecule has 0 saturated heterocycles. The first-order valence-corrected chi connectivity index (χ1v) is 8.26. The number of aromatic nitrogens is 3. The van der Waals surface area contributed by atoms with Gasteiger partial charge in [-0.2, -0.15) is 13.2 Å². The van der Waals surface area contributed by atoms with Gasteiger partial charge in [0.2, 0.25) is 5.91 Å². The number of alkyl halides is 3. The molecule has 1 amide bonds. The predicted molar refractivity (Wildman–Crippen MR) is 90.3 cm³/mol. The molecule has 2 aromatic rings. The van der Waals surface area contributed by atoms with E-state index in [1.54, 1.807) is 19.9 Å². The van der Waals surface area contributed by atoms with Crippen LogP contribution in [0.1, 0.15) is 18.3 Å². The van der Waals surface area contributed by atoms with E-state index in [0.29, 0.717) is 23.2 Å². The number of allylic oxidation sites excluding steroid dienone is 1. The number of benzene rings is 1. The molecule has 0 fully saturated rings. The Bertz CT molecular complexity index is 756. The number of rotatable bonds is 6. The quantitative estimate of drug-likeness (QED) is 0.619. The number of carbonyl (C=O) groups is 1. The van der Waals surface area contributed by atoms with Crippen LogP contribution in [0.3, 0.4) is 0 Å². The first kappa shape index (κ1) is 19.0. The van der Waals surface area contributed by atoms with Gasteiger partial charge in [0.15, 0.2) is 5.16 Å². The molecule has 9 heteroatoms. The van der Waals surface area contributed by atoms with Crippen molar-refractivity contribution in [3.8, 4) is 0 Å². The normalized spacial score (nSPS) is 12.7. The van der Waals surface area contributed by atoms with Crippen LogP contribution in [0, 0.1) is 6.92 Å². The summed E-state index contributed by atoms with van der Waals surface area (Å²) in [7, 11) is 0. The van der Waals surface area contributed by atoms with Crippen molar-refractivity contribution in [2.75, 3.05) is 5.32 Å². The lowest BCUT2D eigenvalue weighted by Crippen LogP contribution is -2.23. The third-order valence-corrected chi connectivity index (χ3v) is 4.43. The molecule has 0 saturated carbocycles. The van der Waals surface area contributed by atoms with Crippen LogP contribution in [-0.2, 0) is 17.5 Å². The van der Waals surface area contributed by atoms with Crippen LogP contribution < -0.4 is 5.32 Å². The molecule has 1 aromatic heterocycles. The molecule has 0 aliphatic carbocycles. The number of halogens is 3. The summed E-state index contributed by atoms with van der Waals surface area (Å²) >= 11 is 1.22. The molecule has 1 aromatic carbocycles. The van der Waals surface area contributed by atoms with E-state index in [-0.39, 0.29) is 5.91 Å². The lowest BCUT2D eigenvalue weighted by atomic mass is 10.2. The molecule has 0 radical (unpaired) electrons. The van der Waals surface area contributed by atoms with E-state index in [2.05, 4.69) is 22.1 Å². The minimum atomic E-state index is -4.40. The zero-order valence-electron chi connectivity index (χ0n) is 13.7. The molecule has 0 bridgehead atoms. The molecule has 0 unspecified atom stereocenters. The summed E-state index contributed by atoms with van der Waals surface area (Å²) in [4.78, 5) is 12.2. The van der Waals surface area contributed by atoms with Crippen LogP contribution in [0.4, 0.5) is 18.9 Å². The van der Waals surface area contributed by atoms with E-state index in [0.717, 1.165) is 12.1 Å². The molecule has 5 nitrogen and oxygen atoms in total. The average molecular weight is 370 g/mol. The van der Waals surface area contributed by atoms with Crippen LogP contribution in [0.5, 0.6) is 0 Å². The second-order valence-corrected chi connectivity index (χ2v) is 6.56. The second-order valence-electron chi connectivity index (χ2n) is 5.25. The smallest absolute Gasteiger partial charge is 0.325 e. The average Bonchev–Trinajstić information content (AvgIpc) is 2.88. The van der Waals surface area contributed by atoms with Gasteiger partial charge >= 0.3 is 6.18 Å². The highest BCUT2D eigenvalue weighted by molar-refractivity contribution is 8.00. The van der Waals surface area contributed by atoms with Gasteiger partial charge in [-0.05, 0) is 38.1 Å². The van der Waals surface area contributed by atoms with Gasteiger partial charge in [-0.15, -0.1) is 16.8 Å². The summed E-state index contributed by atoms with van der Waals surface area (Å²) < 4.78 is 39.4. The van der Waals surface area contributed by atoms with Crippen molar-refractivity contribution < 1.29 is 18.0 Å². The highest BCUT2D eigenvalue weighted by Gasteiger charge is 2.30. The van der Waals surface area contributed by atoms with Crippen molar-refractivity contribution in [1.82, 2.24) is 14.8 Å². The van der Waals surface area contributed by atoms with Gasteiger partial charge in [0, 0.05) is 12.2 Å². The fourth-order valence-corrected chi connectivity index (χ4v) is 2.89. The third kappa shape index (κ3) is 4.85. The molecule has 0 spiro atoms. The summed E-state index contributed by atoms with van der Waals surface area (Å²) in [5.74, 6) is 0.369. The lowest BCUT2D eigenvalue weighted by molar-refractivity contribution is -0.137. The van der Waals surface area contributed by atoms with Crippen molar-refractivity contribution in [1.29, 1.82) is 0 Å². The zero-order valence-corrected chi connectivity index (χ0v) is 14.5. The molecule has 0 aliphatic rings. The number of thioether (sulfide) groups is 1. The van der Waals surface area contributed by atoms with Gasteiger partial charge < -0.3 is 9.88 Å². The summed E-state index contributed by atoms with van der Waals surface area (Å²) in [5, 5.41) is 10.7. The number of amides is 1. The first-order valence-electron chi connectivity index (χ1n) is 7.38. The fourth-order valence-electron chi connectivity index (χ4n) is 1.99. The van der Waals surface area contributed by atoms with E-state index in [1.807, 2.05) is 4.57 Å². The van der Waals surface area contributed by atoms with E-state index in [4.69, 9.17) is 0 Å². The van der Waals surface area contributed by atoms with Gasteiger partial charge in [-0.3, -0.25) is 4.79 Å². The number of nitrogens with one attached hydrogen (secondary N) is 1. The van der Waals surface area contributed by atoms with Crippen molar-refractivity contribution >= 4 is 23.4 Å². The number of nitrogens with zero attached hydrogens (tertiary/aromatic N) is 3. The van der Waals surface area contributed by atoms with Gasteiger partial charge in [0.25, 0.3) is 0 Å². The first-order chi connectivity index (χ1) is 11.7. The van der Waals surface area contributed by atoms with Crippen molar-refractivity contribution in [3.05, 3.63) is 48.3 Å². The molecule has 1 atom stereocenters. The summed E-state index contributed by atoms with van der Waals surface area (Å²) in [6.07, 6.45) is -2.70. The van der Waals surface area contributed by atoms with Gasteiger partial charge in [0.1, 0.15) is 5.82 Å².